The molecular formula is C9H8Cl2O2. The summed E-state index contributed by atoms with van der Waals surface area (Å²) in [7, 11) is 0. The predicted octanol–water partition coefficient (Wildman–Crippen LogP) is 2.56. The van der Waals surface area contributed by atoms with E-state index in [1.807, 2.05) is 6.07 Å². The van der Waals surface area contributed by atoms with Gasteiger partial charge in [0, 0.05) is 5.56 Å². The van der Waals surface area contributed by atoms with Crippen molar-refractivity contribution >= 4 is 23.2 Å². The molecule has 0 amide bonds. The number of fused-ring (bicyclic) bond motifs is 1. The minimum Gasteiger partial charge on any atom is -0.393 e. The highest BCUT2D eigenvalue weighted by molar-refractivity contribution is 6.42. The highest BCUT2D eigenvalue weighted by Crippen LogP contribution is 2.39. The maximum absolute atomic E-state index is 9.00. The van der Waals surface area contributed by atoms with Crippen molar-refractivity contribution in [2.24, 2.45) is 0 Å². The van der Waals surface area contributed by atoms with Gasteiger partial charge in [0.05, 0.1) is 23.3 Å². The van der Waals surface area contributed by atoms with Gasteiger partial charge in [0.15, 0.2) is 0 Å². The maximum atomic E-state index is 9.00. The van der Waals surface area contributed by atoms with E-state index in [1.165, 1.54) is 0 Å². The lowest BCUT2D eigenvalue weighted by atomic mass is 10.1. The topological polar surface area (TPSA) is 29.5 Å². The van der Waals surface area contributed by atoms with Gasteiger partial charge in [0.25, 0.3) is 0 Å². The summed E-state index contributed by atoms with van der Waals surface area (Å²) in [6.45, 7) is 0.435. The summed E-state index contributed by atoms with van der Waals surface area (Å²) < 4.78 is 5.32. The van der Waals surface area contributed by atoms with Crippen LogP contribution in [0, 0.1) is 0 Å². The molecule has 0 aliphatic carbocycles. The molecule has 0 fully saturated rings. The van der Waals surface area contributed by atoms with Gasteiger partial charge in [-0.25, -0.2) is 0 Å². The molecule has 1 heterocycles. The van der Waals surface area contributed by atoms with E-state index >= 15 is 0 Å². The van der Waals surface area contributed by atoms with Crippen molar-refractivity contribution in [2.45, 2.75) is 12.7 Å². The molecule has 0 aromatic heterocycles. The molecule has 13 heavy (non-hydrogen) atoms. The van der Waals surface area contributed by atoms with E-state index in [2.05, 4.69) is 0 Å². The molecule has 0 unspecified atom stereocenters. The van der Waals surface area contributed by atoms with Crippen LogP contribution >= 0.6 is 23.2 Å². The van der Waals surface area contributed by atoms with Crippen molar-refractivity contribution in [2.75, 3.05) is 6.61 Å². The Morgan fingerprint density at radius 1 is 1.46 bits per heavy atom. The number of halogens is 2. The lowest BCUT2D eigenvalue weighted by Gasteiger charge is -2.09. The van der Waals surface area contributed by atoms with E-state index in [1.54, 1.807) is 6.07 Å². The zero-order valence-corrected chi connectivity index (χ0v) is 8.27. The van der Waals surface area contributed by atoms with E-state index < -0.39 is 0 Å². The Balaban J connectivity index is 2.54. The summed E-state index contributed by atoms with van der Waals surface area (Å²) in [6, 6.07) is 3.62. The second-order valence-electron chi connectivity index (χ2n) is 2.92. The van der Waals surface area contributed by atoms with Gasteiger partial charge in [-0.05, 0) is 11.6 Å². The van der Waals surface area contributed by atoms with Gasteiger partial charge in [-0.3, -0.25) is 0 Å². The van der Waals surface area contributed by atoms with E-state index in [4.69, 9.17) is 33.0 Å². The normalized spacial score (nSPS) is 20.4. The Labute approximate surface area is 86.0 Å². The van der Waals surface area contributed by atoms with Crippen LogP contribution in [0.2, 0.25) is 10.0 Å². The van der Waals surface area contributed by atoms with Crippen molar-refractivity contribution in [1.82, 2.24) is 0 Å². The second kappa shape index (κ2) is 3.46. The van der Waals surface area contributed by atoms with Gasteiger partial charge in [-0.2, -0.15) is 0 Å². The van der Waals surface area contributed by atoms with Crippen molar-refractivity contribution in [3.05, 3.63) is 33.3 Å². The number of aliphatic hydroxyl groups is 1. The molecule has 1 atom stereocenters. The summed E-state index contributed by atoms with van der Waals surface area (Å²) in [5.74, 6) is 0. The molecule has 0 spiro atoms. The van der Waals surface area contributed by atoms with Crippen LogP contribution in [-0.4, -0.2) is 11.7 Å². The highest BCUT2D eigenvalue weighted by Gasteiger charge is 2.26. The van der Waals surface area contributed by atoms with E-state index in [-0.39, 0.29) is 12.7 Å². The third kappa shape index (κ3) is 1.44. The predicted molar refractivity (Wildman–Crippen MR) is 51.1 cm³/mol. The minimum absolute atomic E-state index is 0.0624. The SMILES string of the molecule is OC[C@H]1OCc2ccc(Cl)c(Cl)c21. The fraction of sp³-hybridized carbons (Fsp3) is 0.333. The van der Waals surface area contributed by atoms with Crippen LogP contribution < -0.4 is 0 Å². The third-order valence-corrected chi connectivity index (χ3v) is 2.97. The molecule has 70 valence electrons. The molecule has 4 heteroatoms. The Morgan fingerprint density at radius 3 is 2.92 bits per heavy atom. The molecule has 0 bridgehead atoms. The fourth-order valence-electron chi connectivity index (χ4n) is 1.50. The minimum atomic E-state index is -0.318. The summed E-state index contributed by atoms with van der Waals surface area (Å²) in [5.41, 5.74) is 1.84. The van der Waals surface area contributed by atoms with Crippen molar-refractivity contribution in [3.8, 4) is 0 Å². The molecule has 1 aromatic rings. The second-order valence-corrected chi connectivity index (χ2v) is 3.70. The van der Waals surface area contributed by atoms with Gasteiger partial charge in [-0.15, -0.1) is 0 Å². The monoisotopic (exact) mass is 218 g/mol. The molecule has 0 saturated heterocycles. The molecule has 2 rings (SSSR count). The van der Waals surface area contributed by atoms with Crippen LogP contribution in [0.25, 0.3) is 0 Å². The smallest absolute Gasteiger partial charge is 0.108 e. The maximum Gasteiger partial charge on any atom is 0.108 e. The van der Waals surface area contributed by atoms with Crippen LogP contribution in [-0.2, 0) is 11.3 Å². The van der Waals surface area contributed by atoms with E-state index in [0.29, 0.717) is 16.7 Å². The first-order valence-corrected chi connectivity index (χ1v) is 4.69. The van der Waals surface area contributed by atoms with Gasteiger partial charge < -0.3 is 9.84 Å². The molecule has 0 radical (unpaired) electrons. The number of benzene rings is 1. The Morgan fingerprint density at radius 2 is 2.23 bits per heavy atom. The zero-order valence-electron chi connectivity index (χ0n) is 6.76. The number of aliphatic hydroxyl groups excluding tert-OH is 1. The van der Waals surface area contributed by atoms with Crippen molar-refractivity contribution < 1.29 is 9.84 Å². The van der Waals surface area contributed by atoms with Crippen molar-refractivity contribution in [1.29, 1.82) is 0 Å². The van der Waals surface area contributed by atoms with Gasteiger partial charge >= 0.3 is 0 Å². The lowest BCUT2D eigenvalue weighted by Crippen LogP contribution is -2.01. The Hall–Kier alpha value is -0.280. The molecule has 1 aliphatic heterocycles. The summed E-state index contributed by atoms with van der Waals surface area (Å²) in [4.78, 5) is 0. The molecule has 1 N–H and O–H groups in total. The van der Waals surface area contributed by atoms with E-state index in [9.17, 15) is 0 Å². The molecule has 1 aliphatic rings. The number of hydrogen-bond acceptors (Lipinski definition) is 2. The standard InChI is InChI=1S/C9H8Cl2O2/c10-6-2-1-5-4-13-7(3-12)8(5)9(6)11/h1-2,7,12H,3-4H2/t7-/m1/s1. The average molecular weight is 219 g/mol. The highest BCUT2D eigenvalue weighted by atomic mass is 35.5. The van der Waals surface area contributed by atoms with Crippen LogP contribution in [0.1, 0.15) is 17.2 Å². The van der Waals surface area contributed by atoms with E-state index in [0.717, 1.165) is 11.1 Å². The van der Waals surface area contributed by atoms with Crippen molar-refractivity contribution in [3.63, 3.8) is 0 Å². The molecule has 2 nitrogen and oxygen atoms in total. The number of hydrogen-bond donors (Lipinski definition) is 1. The average Bonchev–Trinajstić information content (AvgIpc) is 2.55. The molecular weight excluding hydrogens is 211 g/mol. The van der Waals surface area contributed by atoms with Crippen LogP contribution in [0.4, 0.5) is 0 Å². The Kier molecular flexibility index (Phi) is 2.47. The summed E-state index contributed by atoms with van der Waals surface area (Å²) in [5, 5.41) is 10.0. The quantitative estimate of drug-likeness (QED) is 0.786. The first-order valence-electron chi connectivity index (χ1n) is 3.93. The van der Waals surface area contributed by atoms with Crippen LogP contribution in [0.15, 0.2) is 12.1 Å². The largest absolute Gasteiger partial charge is 0.393 e. The van der Waals surface area contributed by atoms with Gasteiger partial charge in [0.1, 0.15) is 6.10 Å². The number of rotatable bonds is 1. The first-order chi connectivity index (χ1) is 6.24. The third-order valence-electron chi connectivity index (χ3n) is 2.15. The Bertz CT molecular complexity index is 339. The zero-order chi connectivity index (χ0) is 9.42. The summed E-state index contributed by atoms with van der Waals surface area (Å²) in [6.07, 6.45) is -0.318. The summed E-state index contributed by atoms with van der Waals surface area (Å²) >= 11 is 11.8. The molecule has 0 saturated carbocycles. The first kappa shape index (κ1) is 9.28. The lowest BCUT2D eigenvalue weighted by molar-refractivity contribution is 0.0234. The fourth-order valence-corrected chi connectivity index (χ4v) is 1.97. The van der Waals surface area contributed by atoms with Crippen LogP contribution in [0.5, 0.6) is 0 Å². The van der Waals surface area contributed by atoms with Gasteiger partial charge in [0.2, 0.25) is 0 Å². The van der Waals surface area contributed by atoms with Gasteiger partial charge in [-0.1, -0.05) is 29.3 Å². The van der Waals surface area contributed by atoms with Crippen LogP contribution in [0.3, 0.4) is 0 Å². The number of ether oxygens (including phenoxy) is 1. The molecule has 1 aromatic carbocycles.